The van der Waals surface area contributed by atoms with Crippen LogP contribution >= 0.6 is 0 Å². The van der Waals surface area contributed by atoms with Crippen LogP contribution in [0.2, 0.25) is 0 Å². The maximum atomic E-state index is 11.5. The molecule has 3 atom stereocenters. The van der Waals surface area contributed by atoms with Gasteiger partial charge in [-0.2, -0.15) is 0 Å². The van der Waals surface area contributed by atoms with Crippen molar-refractivity contribution in [3.8, 4) is 0 Å². The summed E-state index contributed by atoms with van der Waals surface area (Å²) in [5.41, 5.74) is 0. The van der Waals surface area contributed by atoms with Crippen LogP contribution in [0.1, 0.15) is 13.8 Å². The molecule has 0 saturated carbocycles. The zero-order valence-electron chi connectivity index (χ0n) is 10.6. The normalized spacial score (nSPS) is 36.6. The molecule has 0 spiro atoms. The van der Waals surface area contributed by atoms with Gasteiger partial charge in [0, 0.05) is 31.7 Å². The lowest BCUT2D eigenvalue weighted by atomic mass is 10.1. The van der Waals surface area contributed by atoms with Gasteiger partial charge < -0.3 is 10.1 Å². The van der Waals surface area contributed by atoms with Crippen molar-refractivity contribution in [3.63, 3.8) is 0 Å². The molecule has 2 aliphatic rings. The van der Waals surface area contributed by atoms with E-state index in [4.69, 9.17) is 4.74 Å². The predicted molar refractivity (Wildman–Crippen MR) is 66.9 cm³/mol. The van der Waals surface area contributed by atoms with Crippen LogP contribution in [0.15, 0.2) is 0 Å². The highest BCUT2D eigenvalue weighted by Crippen LogP contribution is 2.18. The van der Waals surface area contributed by atoms with Crippen molar-refractivity contribution in [1.29, 1.82) is 0 Å². The van der Waals surface area contributed by atoms with Gasteiger partial charge in [0.05, 0.1) is 24.2 Å². The Kier molecular flexibility index (Phi) is 4.07. The first kappa shape index (κ1) is 13.3. The second kappa shape index (κ2) is 5.22. The molecule has 0 bridgehead atoms. The van der Waals surface area contributed by atoms with Crippen LogP contribution in [0.5, 0.6) is 0 Å². The predicted octanol–water partition coefficient (Wildman–Crippen LogP) is -0.518. The largest absolute Gasteiger partial charge is 0.374 e. The van der Waals surface area contributed by atoms with Crippen molar-refractivity contribution in [2.45, 2.75) is 32.0 Å². The summed E-state index contributed by atoms with van der Waals surface area (Å²) in [6.07, 6.45) is 0.173. The van der Waals surface area contributed by atoms with Gasteiger partial charge in [-0.1, -0.05) is 0 Å². The van der Waals surface area contributed by atoms with Crippen molar-refractivity contribution < 1.29 is 13.2 Å². The molecule has 2 rings (SSSR count). The number of hydrogen-bond donors (Lipinski definition) is 1. The third-order valence-corrected chi connectivity index (χ3v) is 5.53. The van der Waals surface area contributed by atoms with Crippen LogP contribution in [-0.4, -0.2) is 69.3 Å². The molecule has 0 radical (unpaired) electrons. The molecule has 0 amide bonds. The molecule has 6 heteroatoms. The lowest BCUT2D eigenvalue weighted by Crippen LogP contribution is -2.57. The molecule has 0 aromatic rings. The van der Waals surface area contributed by atoms with E-state index >= 15 is 0 Å². The fourth-order valence-electron chi connectivity index (χ4n) is 2.73. The van der Waals surface area contributed by atoms with Crippen LogP contribution < -0.4 is 5.32 Å². The van der Waals surface area contributed by atoms with E-state index in [0.717, 1.165) is 19.7 Å². The number of ether oxygens (including phenoxy) is 1. The minimum absolute atomic E-state index is 0.0919. The molecule has 3 unspecified atom stereocenters. The summed E-state index contributed by atoms with van der Waals surface area (Å²) in [6.45, 7) is 7.26. The molecule has 2 aliphatic heterocycles. The number of hydrogen-bond acceptors (Lipinski definition) is 5. The average molecular weight is 262 g/mol. The smallest absolute Gasteiger partial charge is 0.153 e. The van der Waals surface area contributed by atoms with Gasteiger partial charge in [0.2, 0.25) is 0 Å². The first-order chi connectivity index (χ1) is 7.99. The Morgan fingerprint density at radius 1 is 1.47 bits per heavy atom. The van der Waals surface area contributed by atoms with Crippen LogP contribution in [-0.2, 0) is 14.6 Å². The van der Waals surface area contributed by atoms with E-state index in [-0.39, 0.29) is 29.7 Å². The van der Waals surface area contributed by atoms with E-state index < -0.39 is 9.84 Å². The Morgan fingerprint density at radius 2 is 2.24 bits per heavy atom. The van der Waals surface area contributed by atoms with Crippen molar-refractivity contribution in [3.05, 3.63) is 0 Å². The number of sulfone groups is 1. The minimum Gasteiger partial charge on any atom is -0.374 e. The Morgan fingerprint density at radius 3 is 2.82 bits per heavy atom. The summed E-state index contributed by atoms with van der Waals surface area (Å²) >= 11 is 0. The Balaban J connectivity index is 1.97. The summed E-state index contributed by atoms with van der Waals surface area (Å²) in [6, 6.07) is 0.363. The highest BCUT2D eigenvalue weighted by atomic mass is 32.2. The molecule has 0 aromatic carbocycles. The number of nitrogens with one attached hydrogen (secondary N) is 1. The second-order valence-corrected chi connectivity index (χ2v) is 7.28. The van der Waals surface area contributed by atoms with Gasteiger partial charge in [0.1, 0.15) is 0 Å². The molecule has 2 heterocycles. The molecule has 1 N–H and O–H groups in total. The molecule has 17 heavy (non-hydrogen) atoms. The first-order valence-electron chi connectivity index (χ1n) is 6.28. The Bertz CT molecular complexity index is 352. The number of rotatable bonds is 2. The molecule has 5 nitrogen and oxygen atoms in total. The van der Waals surface area contributed by atoms with Gasteiger partial charge in [-0.05, 0) is 13.8 Å². The van der Waals surface area contributed by atoms with E-state index in [1.165, 1.54) is 0 Å². The van der Waals surface area contributed by atoms with Crippen LogP contribution in [0, 0.1) is 0 Å². The highest BCUT2D eigenvalue weighted by molar-refractivity contribution is 7.91. The van der Waals surface area contributed by atoms with Gasteiger partial charge >= 0.3 is 0 Å². The van der Waals surface area contributed by atoms with Gasteiger partial charge in [0.25, 0.3) is 0 Å². The minimum atomic E-state index is -2.83. The zero-order chi connectivity index (χ0) is 12.5. The topological polar surface area (TPSA) is 58.6 Å². The number of morpholine rings is 1. The molecule has 0 aromatic heterocycles. The van der Waals surface area contributed by atoms with E-state index in [9.17, 15) is 8.42 Å². The molecule has 2 saturated heterocycles. The van der Waals surface area contributed by atoms with E-state index in [2.05, 4.69) is 17.1 Å². The zero-order valence-corrected chi connectivity index (χ0v) is 11.4. The Labute approximate surface area is 103 Å². The summed E-state index contributed by atoms with van der Waals surface area (Å²) in [5, 5.41) is 3.32. The third-order valence-electron chi connectivity index (χ3n) is 3.74. The maximum Gasteiger partial charge on any atom is 0.153 e. The summed E-state index contributed by atoms with van der Waals surface area (Å²) < 4.78 is 28.8. The van der Waals surface area contributed by atoms with Crippen LogP contribution in [0.25, 0.3) is 0 Å². The lowest BCUT2D eigenvalue weighted by Gasteiger charge is -2.42. The summed E-state index contributed by atoms with van der Waals surface area (Å²) in [7, 11) is -2.83. The van der Waals surface area contributed by atoms with Crippen molar-refractivity contribution in [2.75, 3.05) is 37.7 Å². The van der Waals surface area contributed by atoms with Gasteiger partial charge in [-0.15, -0.1) is 0 Å². The third kappa shape index (κ3) is 3.19. The van der Waals surface area contributed by atoms with E-state index in [1.807, 2.05) is 6.92 Å². The van der Waals surface area contributed by atoms with Crippen LogP contribution in [0.3, 0.4) is 0 Å². The average Bonchev–Trinajstić information content (AvgIpc) is 2.28. The SMILES string of the molecule is CC1CS(=O)(=O)CCN1C(C)C1CNCCO1. The molecule has 0 aliphatic carbocycles. The van der Waals surface area contributed by atoms with E-state index in [1.54, 1.807) is 0 Å². The van der Waals surface area contributed by atoms with Crippen molar-refractivity contribution >= 4 is 9.84 Å². The number of nitrogens with zero attached hydrogens (tertiary/aromatic N) is 1. The van der Waals surface area contributed by atoms with Gasteiger partial charge in [-0.3, -0.25) is 4.90 Å². The van der Waals surface area contributed by atoms with Gasteiger partial charge in [-0.25, -0.2) is 8.42 Å². The molecule has 100 valence electrons. The monoisotopic (exact) mass is 262 g/mol. The lowest BCUT2D eigenvalue weighted by molar-refractivity contribution is -0.0329. The fourth-order valence-corrected chi connectivity index (χ4v) is 4.31. The standard InChI is InChI=1S/C11H22N2O3S/c1-9-8-17(14,15)6-4-13(9)10(2)11-7-12-3-5-16-11/h9-12H,3-8H2,1-2H3. The summed E-state index contributed by atoms with van der Waals surface area (Å²) in [4.78, 5) is 2.26. The highest BCUT2D eigenvalue weighted by Gasteiger charge is 2.34. The quantitative estimate of drug-likeness (QED) is 0.726. The maximum absolute atomic E-state index is 11.5. The van der Waals surface area contributed by atoms with Gasteiger partial charge in [0.15, 0.2) is 9.84 Å². The van der Waals surface area contributed by atoms with Crippen molar-refractivity contribution in [1.82, 2.24) is 10.2 Å². The first-order valence-corrected chi connectivity index (χ1v) is 8.10. The van der Waals surface area contributed by atoms with Crippen molar-refractivity contribution in [2.24, 2.45) is 0 Å². The Hall–Kier alpha value is -0.170. The van der Waals surface area contributed by atoms with Crippen LogP contribution in [0.4, 0.5) is 0 Å². The summed E-state index contributed by atoms with van der Waals surface area (Å²) in [5.74, 6) is 0.555. The molecular weight excluding hydrogens is 240 g/mol. The molecular formula is C11H22N2O3S. The fraction of sp³-hybridized carbons (Fsp3) is 1.00. The van der Waals surface area contributed by atoms with E-state index in [0.29, 0.717) is 6.54 Å². The second-order valence-electron chi connectivity index (χ2n) is 5.06. The molecule has 2 fully saturated rings.